The van der Waals surface area contributed by atoms with Gasteiger partial charge in [0.2, 0.25) is 5.95 Å². The second-order valence-electron chi connectivity index (χ2n) is 6.19. The molecule has 3 heterocycles. The van der Waals surface area contributed by atoms with Gasteiger partial charge in [0.15, 0.2) is 0 Å². The first-order valence-corrected chi connectivity index (χ1v) is 8.33. The van der Waals surface area contributed by atoms with Gasteiger partial charge in [0.25, 0.3) is 5.91 Å². The van der Waals surface area contributed by atoms with Crippen LogP contribution in [0.3, 0.4) is 0 Å². The highest BCUT2D eigenvalue weighted by Gasteiger charge is 2.45. The third-order valence-corrected chi connectivity index (χ3v) is 4.69. The summed E-state index contributed by atoms with van der Waals surface area (Å²) in [6, 6.07) is 6.31. The van der Waals surface area contributed by atoms with Gasteiger partial charge in [-0.25, -0.2) is 4.98 Å². The summed E-state index contributed by atoms with van der Waals surface area (Å²) in [5.41, 5.74) is 0.310. The van der Waals surface area contributed by atoms with Crippen molar-refractivity contribution in [2.75, 3.05) is 13.2 Å². The largest absolute Gasteiger partial charge is 0.486 e. The topological polar surface area (TPSA) is 64.6 Å². The molecule has 1 saturated heterocycles. The van der Waals surface area contributed by atoms with Gasteiger partial charge >= 0.3 is 0 Å². The standard InChI is InChI=1S/C18H18FN3O3/c19-16-10-12(5-7-21-16)18(23)22-8-9-24-17-14(22)3-4-15(17)25-13-2-1-6-20-11-13/h1-2,5-7,10-11,14-15,17H,3-4,8-9H2/t14-,15+,17+/m0/s1. The summed E-state index contributed by atoms with van der Waals surface area (Å²) in [5, 5.41) is 0. The van der Waals surface area contributed by atoms with Crippen molar-refractivity contribution < 1.29 is 18.7 Å². The Labute approximate surface area is 144 Å². The Bertz CT molecular complexity index is 758. The Morgan fingerprint density at radius 2 is 2.24 bits per heavy atom. The molecule has 6 nitrogen and oxygen atoms in total. The minimum Gasteiger partial charge on any atom is -0.486 e. The van der Waals surface area contributed by atoms with E-state index in [1.807, 2.05) is 12.1 Å². The Hall–Kier alpha value is -2.54. The predicted molar refractivity (Wildman–Crippen MR) is 86.6 cm³/mol. The Balaban J connectivity index is 1.50. The molecule has 1 amide bonds. The number of aromatic nitrogens is 2. The fourth-order valence-electron chi connectivity index (χ4n) is 3.59. The molecule has 0 aromatic carbocycles. The van der Waals surface area contributed by atoms with E-state index in [4.69, 9.17) is 9.47 Å². The van der Waals surface area contributed by atoms with Crippen LogP contribution in [-0.4, -0.2) is 52.2 Å². The molecule has 4 rings (SSSR count). The van der Waals surface area contributed by atoms with E-state index in [1.54, 1.807) is 17.3 Å². The quantitative estimate of drug-likeness (QED) is 0.798. The third-order valence-electron chi connectivity index (χ3n) is 4.69. The number of hydrogen-bond acceptors (Lipinski definition) is 5. The minimum atomic E-state index is -0.653. The minimum absolute atomic E-state index is 0.0702. The summed E-state index contributed by atoms with van der Waals surface area (Å²) in [6.45, 7) is 0.928. The van der Waals surface area contributed by atoms with Crippen LogP contribution in [0.15, 0.2) is 42.9 Å². The second kappa shape index (κ2) is 6.76. The number of morpholine rings is 1. The molecule has 0 radical (unpaired) electrons. The van der Waals surface area contributed by atoms with Gasteiger partial charge in [-0.05, 0) is 31.0 Å². The van der Waals surface area contributed by atoms with E-state index in [1.165, 1.54) is 18.3 Å². The summed E-state index contributed by atoms with van der Waals surface area (Å²) in [4.78, 5) is 22.1. The number of fused-ring (bicyclic) bond motifs is 1. The highest BCUT2D eigenvalue weighted by molar-refractivity contribution is 5.94. The van der Waals surface area contributed by atoms with Crippen molar-refractivity contribution >= 4 is 5.91 Å². The van der Waals surface area contributed by atoms with E-state index in [2.05, 4.69) is 9.97 Å². The Morgan fingerprint density at radius 3 is 3.04 bits per heavy atom. The second-order valence-corrected chi connectivity index (χ2v) is 6.19. The van der Waals surface area contributed by atoms with E-state index in [-0.39, 0.29) is 24.2 Å². The van der Waals surface area contributed by atoms with Gasteiger partial charge in [-0.3, -0.25) is 9.78 Å². The Kier molecular flexibility index (Phi) is 4.31. The molecule has 2 aliphatic rings. The van der Waals surface area contributed by atoms with Crippen molar-refractivity contribution in [3.63, 3.8) is 0 Å². The van der Waals surface area contributed by atoms with E-state index in [9.17, 15) is 9.18 Å². The van der Waals surface area contributed by atoms with Crippen LogP contribution in [0.2, 0.25) is 0 Å². The number of nitrogens with zero attached hydrogens (tertiary/aromatic N) is 3. The number of carbonyl (C=O) groups excluding carboxylic acids is 1. The molecule has 2 fully saturated rings. The van der Waals surface area contributed by atoms with E-state index >= 15 is 0 Å². The zero-order valence-corrected chi connectivity index (χ0v) is 13.5. The van der Waals surface area contributed by atoms with Crippen LogP contribution in [0.1, 0.15) is 23.2 Å². The molecule has 25 heavy (non-hydrogen) atoms. The van der Waals surface area contributed by atoms with Crippen molar-refractivity contribution in [2.45, 2.75) is 31.1 Å². The molecule has 0 N–H and O–H groups in total. The molecular weight excluding hydrogens is 325 g/mol. The van der Waals surface area contributed by atoms with Crippen LogP contribution in [0.25, 0.3) is 0 Å². The van der Waals surface area contributed by atoms with Gasteiger partial charge in [0.1, 0.15) is 18.0 Å². The summed E-state index contributed by atoms with van der Waals surface area (Å²) in [5.74, 6) is -0.155. The molecule has 2 aromatic rings. The first-order valence-electron chi connectivity index (χ1n) is 8.33. The van der Waals surface area contributed by atoms with Gasteiger partial charge < -0.3 is 14.4 Å². The lowest BCUT2D eigenvalue weighted by atomic mass is 10.1. The maximum atomic E-state index is 13.3. The highest BCUT2D eigenvalue weighted by Crippen LogP contribution is 2.33. The molecule has 0 spiro atoms. The zero-order valence-electron chi connectivity index (χ0n) is 13.5. The predicted octanol–water partition coefficient (Wildman–Crippen LogP) is 2.07. The molecule has 7 heteroatoms. The first kappa shape index (κ1) is 16.0. The molecule has 2 aromatic heterocycles. The lowest BCUT2D eigenvalue weighted by molar-refractivity contribution is -0.0786. The van der Waals surface area contributed by atoms with Crippen LogP contribution in [0, 0.1) is 5.95 Å². The number of carbonyl (C=O) groups is 1. The monoisotopic (exact) mass is 343 g/mol. The van der Waals surface area contributed by atoms with Crippen molar-refractivity contribution in [1.29, 1.82) is 0 Å². The van der Waals surface area contributed by atoms with E-state index in [0.717, 1.165) is 12.8 Å². The van der Waals surface area contributed by atoms with Crippen molar-refractivity contribution in [1.82, 2.24) is 14.9 Å². The lowest BCUT2D eigenvalue weighted by Gasteiger charge is -2.39. The Morgan fingerprint density at radius 1 is 1.32 bits per heavy atom. The number of halogens is 1. The van der Waals surface area contributed by atoms with Crippen LogP contribution in [0.5, 0.6) is 5.75 Å². The fourth-order valence-corrected chi connectivity index (χ4v) is 3.59. The van der Waals surface area contributed by atoms with Crippen LogP contribution in [-0.2, 0) is 4.74 Å². The highest BCUT2D eigenvalue weighted by atomic mass is 19.1. The number of amides is 1. The molecule has 1 aliphatic carbocycles. The summed E-state index contributed by atoms with van der Waals surface area (Å²) < 4.78 is 25.2. The lowest BCUT2D eigenvalue weighted by Crippen LogP contribution is -2.54. The van der Waals surface area contributed by atoms with E-state index < -0.39 is 5.95 Å². The number of ether oxygens (including phenoxy) is 2. The van der Waals surface area contributed by atoms with Gasteiger partial charge in [-0.2, -0.15) is 4.39 Å². The van der Waals surface area contributed by atoms with Gasteiger partial charge in [0, 0.05) is 30.6 Å². The van der Waals surface area contributed by atoms with Crippen molar-refractivity contribution in [3.05, 3.63) is 54.4 Å². The van der Waals surface area contributed by atoms with Crippen LogP contribution in [0.4, 0.5) is 4.39 Å². The number of pyridine rings is 2. The number of rotatable bonds is 3. The molecular formula is C18H18FN3O3. The number of hydrogen-bond donors (Lipinski definition) is 0. The summed E-state index contributed by atoms with van der Waals surface area (Å²) in [7, 11) is 0. The van der Waals surface area contributed by atoms with Crippen LogP contribution >= 0.6 is 0 Å². The van der Waals surface area contributed by atoms with E-state index in [0.29, 0.717) is 24.5 Å². The average molecular weight is 343 g/mol. The maximum Gasteiger partial charge on any atom is 0.254 e. The molecule has 1 saturated carbocycles. The molecule has 3 atom stereocenters. The van der Waals surface area contributed by atoms with Gasteiger partial charge in [0.05, 0.1) is 18.8 Å². The van der Waals surface area contributed by atoms with Gasteiger partial charge in [-0.15, -0.1) is 0 Å². The maximum absolute atomic E-state index is 13.3. The van der Waals surface area contributed by atoms with Crippen molar-refractivity contribution in [3.8, 4) is 5.75 Å². The normalized spacial score (nSPS) is 25.5. The summed E-state index contributed by atoms with van der Waals surface area (Å²) >= 11 is 0. The fraction of sp³-hybridized carbons (Fsp3) is 0.389. The third kappa shape index (κ3) is 3.19. The summed E-state index contributed by atoms with van der Waals surface area (Å²) in [6.07, 6.45) is 5.93. The van der Waals surface area contributed by atoms with Crippen LogP contribution < -0.4 is 4.74 Å². The van der Waals surface area contributed by atoms with Crippen molar-refractivity contribution in [2.24, 2.45) is 0 Å². The molecule has 130 valence electrons. The molecule has 0 bridgehead atoms. The first-order chi connectivity index (χ1) is 12.2. The average Bonchev–Trinajstić information content (AvgIpc) is 3.05. The molecule has 0 unspecified atom stereocenters. The zero-order chi connectivity index (χ0) is 17.2. The van der Waals surface area contributed by atoms with Gasteiger partial charge in [-0.1, -0.05) is 0 Å². The SMILES string of the molecule is O=C(c1ccnc(F)c1)N1CCO[C@H]2[C@H](Oc3cccnc3)CC[C@@H]21. The molecule has 1 aliphatic heterocycles. The smallest absolute Gasteiger partial charge is 0.254 e.